The quantitative estimate of drug-likeness (QED) is 0.405. The summed E-state index contributed by atoms with van der Waals surface area (Å²) >= 11 is 0. The molecule has 0 saturated carbocycles. The molecule has 0 unspecified atom stereocenters. The summed E-state index contributed by atoms with van der Waals surface area (Å²) in [7, 11) is 1.99. The number of hydrogen-bond acceptors (Lipinski definition) is 5. The van der Waals surface area contributed by atoms with Crippen molar-refractivity contribution in [3.63, 3.8) is 0 Å². The highest BCUT2D eigenvalue weighted by Crippen LogP contribution is 2.25. The van der Waals surface area contributed by atoms with Crippen molar-refractivity contribution in [2.75, 3.05) is 11.9 Å². The van der Waals surface area contributed by atoms with Crippen molar-refractivity contribution >= 4 is 17.4 Å². The van der Waals surface area contributed by atoms with Crippen LogP contribution in [0.15, 0.2) is 85.2 Å². The van der Waals surface area contributed by atoms with E-state index in [1.807, 2.05) is 61.6 Å². The minimum Gasteiger partial charge on any atom is -0.355 e. The number of aromatic amines is 1. The van der Waals surface area contributed by atoms with E-state index in [4.69, 9.17) is 4.98 Å². The fourth-order valence-electron chi connectivity index (χ4n) is 3.67. The molecule has 164 valence electrons. The molecule has 0 spiro atoms. The summed E-state index contributed by atoms with van der Waals surface area (Å²) in [6, 6.07) is 23.7. The van der Waals surface area contributed by atoms with Gasteiger partial charge in [-0.05, 0) is 11.1 Å². The van der Waals surface area contributed by atoms with Gasteiger partial charge in [-0.25, -0.2) is 9.50 Å². The predicted octanol–water partition coefficient (Wildman–Crippen LogP) is 3.69. The van der Waals surface area contributed by atoms with Gasteiger partial charge in [0.25, 0.3) is 5.91 Å². The smallest absolute Gasteiger partial charge is 0.272 e. The molecule has 0 radical (unpaired) electrons. The third-order valence-corrected chi connectivity index (χ3v) is 5.39. The summed E-state index contributed by atoms with van der Waals surface area (Å²) < 4.78 is 1.68. The van der Waals surface area contributed by atoms with Gasteiger partial charge in [0.1, 0.15) is 5.82 Å². The first-order valence-electron chi connectivity index (χ1n) is 10.6. The Morgan fingerprint density at radius 1 is 1.03 bits per heavy atom. The number of fused-ring (bicyclic) bond motifs is 1. The molecule has 5 rings (SSSR count). The molecular formula is C25H23N7O. The van der Waals surface area contributed by atoms with Crippen LogP contribution in [-0.2, 0) is 13.1 Å². The molecule has 0 bridgehead atoms. The average molecular weight is 438 g/mol. The Kier molecular flexibility index (Phi) is 5.55. The molecule has 0 fully saturated rings. The van der Waals surface area contributed by atoms with Gasteiger partial charge in [-0.1, -0.05) is 60.7 Å². The van der Waals surface area contributed by atoms with Crippen molar-refractivity contribution in [1.29, 1.82) is 0 Å². The first kappa shape index (κ1) is 20.4. The second-order valence-corrected chi connectivity index (χ2v) is 7.80. The number of hydrogen-bond donors (Lipinski definition) is 2. The number of aromatic nitrogens is 5. The Morgan fingerprint density at radius 2 is 1.76 bits per heavy atom. The number of amides is 1. The zero-order valence-corrected chi connectivity index (χ0v) is 18.1. The highest BCUT2D eigenvalue weighted by atomic mass is 16.1. The largest absolute Gasteiger partial charge is 0.355 e. The fraction of sp³-hybridized carbons (Fsp3) is 0.120. The van der Waals surface area contributed by atoms with Crippen molar-refractivity contribution in [3.05, 3.63) is 102 Å². The molecule has 0 aliphatic rings. The minimum absolute atomic E-state index is 0.248. The molecule has 2 N–H and O–H groups in total. The number of rotatable bonds is 7. The SMILES string of the molecule is CN(Cc1ccccc1)c1cc(-c2cn[nH]c2)n2nc(C(=O)NCc3ccccc3)cc2n1. The van der Waals surface area contributed by atoms with Crippen LogP contribution < -0.4 is 10.2 Å². The van der Waals surface area contributed by atoms with Crippen molar-refractivity contribution in [2.24, 2.45) is 0 Å². The molecule has 33 heavy (non-hydrogen) atoms. The molecule has 0 atom stereocenters. The maximum absolute atomic E-state index is 12.8. The first-order chi connectivity index (χ1) is 16.2. The highest BCUT2D eigenvalue weighted by Gasteiger charge is 2.17. The summed E-state index contributed by atoms with van der Waals surface area (Å²) in [5.74, 6) is 0.528. The molecule has 0 aliphatic heterocycles. The van der Waals surface area contributed by atoms with Gasteiger partial charge in [-0.15, -0.1) is 0 Å². The predicted molar refractivity (Wildman–Crippen MR) is 127 cm³/mol. The fourth-order valence-corrected chi connectivity index (χ4v) is 3.67. The lowest BCUT2D eigenvalue weighted by Gasteiger charge is -2.19. The molecule has 5 aromatic rings. The minimum atomic E-state index is -0.248. The standard InChI is InChI=1S/C25H23N7O/c1-31(17-19-10-6-3-7-11-19)23-13-22(20-15-27-28-16-20)32-24(29-23)12-21(30-32)25(33)26-14-18-8-4-2-5-9-18/h2-13,15-16H,14,17H2,1H3,(H,26,33)(H,27,28). The summed E-state index contributed by atoms with van der Waals surface area (Å²) in [5.41, 5.74) is 4.76. The van der Waals surface area contributed by atoms with Gasteiger partial charge >= 0.3 is 0 Å². The van der Waals surface area contributed by atoms with Crippen molar-refractivity contribution in [3.8, 4) is 11.3 Å². The Bertz CT molecular complexity index is 1360. The van der Waals surface area contributed by atoms with E-state index in [2.05, 4.69) is 37.6 Å². The maximum atomic E-state index is 12.8. The number of anilines is 1. The van der Waals surface area contributed by atoms with E-state index in [-0.39, 0.29) is 5.91 Å². The number of benzene rings is 2. The van der Waals surface area contributed by atoms with Crippen LogP contribution in [-0.4, -0.2) is 37.8 Å². The summed E-state index contributed by atoms with van der Waals surface area (Å²) in [6.07, 6.45) is 3.53. The molecular weight excluding hydrogens is 414 g/mol. The number of nitrogens with one attached hydrogen (secondary N) is 2. The van der Waals surface area contributed by atoms with Crippen LogP contribution in [0.4, 0.5) is 5.82 Å². The lowest BCUT2D eigenvalue weighted by molar-refractivity contribution is 0.0945. The van der Waals surface area contributed by atoms with Crippen LogP contribution in [0.25, 0.3) is 16.9 Å². The van der Waals surface area contributed by atoms with E-state index in [0.29, 0.717) is 24.4 Å². The number of carbonyl (C=O) groups is 1. The van der Waals surface area contributed by atoms with Crippen molar-refractivity contribution < 1.29 is 4.79 Å². The zero-order chi connectivity index (χ0) is 22.6. The Balaban J connectivity index is 1.47. The molecule has 3 heterocycles. The summed E-state index contributed by atoms with van der Waals surface area (Å²) in [5, 5.41) is 14.4. The molecule has 2 aromatic carbocycles. The van der Waals surface area contributed by atoms with Crippen molar-refractivity contribution in [2.45, 2.75) is 13.1 Å². The maximum Gasteiger partial charge on any atom is 0.272 e. The van der Waals surface area contributed by atoms with E-state index in [0.717, 1.165) is 22.6 Å². The van der Waals surface area contributed by atoms with Crippen LogP contribution in [0, 0.1) is 0 Å². The van der Waals surface area contributed by atoms with Crippen LogP contribution in [0.1, 0.15) is 21.6 Å². The Labute approximate surface area is 190 Å². The zero-order valence-electron chi connectivity index (χ0n) is 18.1. The van der Waals surface area contributed by atoms with Gasteiger partial charge in [-0.3, -0.25) is 9.89 Å². The normalized spacial score (nSPS) is 10.9. The van der Waals surface area contributed by atoms with E-state index in [9.17, 15) is 4.79 Å². The number of nitrogens with zero attached hydrogens (tertiary/aromatic N) is 5. The van der Waals surface area contributed by atoms with Gasteiger partial charge in [0.15, 0.2) is 11.3 Å². The van der Waals surface area contributed by atoms with Crippen molar-refractivity contribution in [1.82, 2.24) is 30.1 Å². The second-order valence-electron chi connectivity index (χ2n) is 7.80. The summed E-state index contributed by atoms with van der Waals surface area (Å²) in [6.45, 7) is 1.13. The molecule has 1 amide bonds. The van der Waals surface area contributed by atoms with Crippen LogP contribution >= 0.6 is 0 Å². The lowest BCUT2D eigenvalue weighted by Crippen LogP contribution is -2.23. The van der Waals surface area contributed by atoms with Gasteiger partial charge in [0, 0.05) is 44.0 Å². The topological polar surface area (TPSA) is 91.2 Å². The second kappa shape index (κ2) is 8.96. The average Bonchev–Trinajstić information content (AvgIpc) is 3.53. The van der Waals surface area contributed by atoms with Gasteiger partial charge in [0.2, 0.25) is 0 Å². The third-order valence-electron chi connectivity index (χ3n) is 5.39. The van der Waals surface area contributed by atoms with Gasteiger partial charge < -0.3 is 10.2 Å². The van der Waals surface area contributed by atoms with Gasteiger partial charge in [-0.2, -0.15) is 10.2 Å². The molecule has 8 heteroatoms. The van der Waals surface area contributed by atoms with Crippen LogP contribution in [0.5, 0.6) is 0 Å². The van der Waals surface area contributed by atoms with E-state index in [1.54, 1.807) is 23.0 Å². The molecule has 8 nitrogen and oxygen atoms in total. The third kappa shape index (κ3) is 4.45. The molecule has 0 aliphatic carbocycles. The van der Waals surface area contributed by atoms with E-state index < -0.39 is 0 Å². The van der Waals surface area contributed by atoms with Crippen LogP contribution in [0.2, 0.25) is 0 Å². The summed E-state index contributed by atoms with van der Waals surface area (Å²) in [4.78, 5) is 19.7. The highest BCUT2D eigenvalue weighted by molar-refractivity contribution is 5.93. The number of carbonyl (C=O) groups excluding carboxylic acids is 1. The van der Waals surface area contributed by atoms with E-state index in [1.165, 1.54) is 5.56 Å². The first-order valence-corrected chi connectivity index (χ1v) is 10.6. The van der Waals surface area contributed by atoms with Gasteiger partial charge in [0.05, 0.1) is 11.9 Å². The van der Waals surface area contributed by atoms with Crippen LogP contribution in [0.3, 0.4) is 0 Å². The molecule has 0 saturated heterocycles. The monoisotopic (exact) mass is 437 g/mol. The molecule has 3 aromatic heterocycles. The van der Waals surface area contributed by atoms with E-state index >= 15 is 0 Å². The Hall–Kier alpha value is -4.46. The Morgan fingerprint density at radius 3 is 2.45 bits per heavy atom. The number of H-pyrrole nitrogens is 1. The lowest BCUT2D eigenvalue weighted by atomic mass is 10.2.